The maximum absolute atomic E-state index is 10.1. The van der Waals surface area contributed by atoms with Gasteiger partial charge >= 0.3 is 0 Å². The van der Waals surface area contributed by atoms with E-state index in [1.807, 2.05) is 49.4 Å². The van der Waals surface area contributed by atoms with Crippen molar-refractivity contribution in [3.8, 4) is 0 Å². The van der Waals surface area contributed by atoms with Crippen molar-refractivity contribution < 1.29 is 5.11 Å². The Morgan fingerprint density at radius 1 is 1.22 bits per heavy atom. The summed E-state index contributed by atoms with van der Waals surface area (Å²) in [6, 6.07) is 15.8. The summed E-state index contributed by atoms with van der Waals surface area (Å²) < 4.78 is 0. The van der Waals surface area contributed by atoms with Gasteiger partial charge in [0, 0.05) is 5.69 Å². The molecule has 0 aliphatic carbocycles. The first kappa shape index (κ1) is 19.4. The van der Waals surface area contributed by atoms with Crippen LogP contribution in [0.4, 0.5) is 5.69 Å². The molecule has 0 aliphatic heterocycles. The molecular weight excluding hydrogens is 401 g/mol. The molecule has 0 radical (unpaired) electrons. The third-order valence-corrected chi connectivity index (χ3v) is 3.50. The van der Waals surface area contributed by atoms with Gasteiger partial charge in [-0.3, -0.25) is 4.99 Å². The first-order valence-corrected chi connectivity index (χ1v) is 7.49. The van der Waals surface area contributed by atoms with Gasteiger partial charge < -0.3 is 16.2 Å². The Labute approximate surface area is 154 Å². The monoisotopic (exact) mass is 425 g/mol. The van der Waals surface area contributed by atoms with Gasteiger partial charge in [-0.15, -0.1) is 24.0 Å². The second-order valence-corrected chi connectivity index (χ2v) is 5.33. The fraction of sp³-hybridized carbons (Fsp3) is 0.278. The first-order chi connectivity index (χ1) is 10.6. The van der Waals surface area contributed by atoms with E-state index in [-0.39, 0.29) is 30.5 Å². The van der Waals surface area contributed by atoms with Crippen molar-refractivity contribution in [1.82, 2.24) is 0 Å². The lowest BCUT2D eigenvalue weighted by atomic mass is 10.1. The van der Waals surface area contributed by atoms with Gasteiger partial charge in [0.25, 0.3) is 0 Å². The smallest absolute Gasteiger partial charge is 0.193 e. The number of hydrogen-bond donors (Lipinski definition) is 3. The Morgan fingerprint density at radius 2 is 1.91 bits per heavy atom. The topological polar surface area (TPSA) is 70.6 Å². The van der Waals surface area contributed by atoms with Crippen LogP contribution >= 0.6 is 24.0 Å². The fourth-order valence-electron chi connectivity index (χ4n) is 2.14. The number of anilines is 1. The molecule has 2 aromatic carbocycles. The molecule has 0 bridgehead atoms. The van der Waals surface area contributed by atoms with E-state index in [1.165, 1.54) is 5.56 Å². The molecule has 0 fully saturated rings. The molecule has 1 unspecified atom stereocenters. The van der Waals surface area contributed by atoms with Crippen molar-refractivity contribution in [3.05, 3.63) is 65.2 Å². The summed E-state index contributed by atoms with van der Waals surface area (Å²) in [6.45, 7) is 4.35. The third kappa shape index (κ3) is 6.19. The third-order valence-electron chi connectivity index (χ3n) is 3.50. The number of aryl methyl sites for hydroxylation is 2. The Kier molecular flexibility index (Phi) is 8.05. The zero-order valence-corrected chi connectivity index (χ0v) is 15.8. The molecule has 0 saturated carbocycles. The molecule has 23 heavy (non-hydrogen) atoms. The number of halogens is 1. The second-order valence-electron chi connectivity index (χ2n) is 5.33. The number of nitrogens with two attached hydrogens (primary N) is 1. The summed E-state index contributed by atoms with van der Waals surface area (Å²) in [6.07, 6.45) is 0.321. The van der Waals surface area contributed by atoms with Gasteiger partial charge in [0.2, 0.25) is 0 Å². The van der Waals surface area contributed by atoms with E-state index in [0.717, 1.165) is 23.2 Å². The summed E-state index contributed by atoms with van der Waals surface area (Å²) in [5.41, 5.74) is 10.0. The molecule has 124 valence electrons. The van der Waals surface area contributed by atoms with E-state index in [9.17, 15) is 5.11 Å². The van der Waals surface area contributed by atoms with Gasteiger partial charge in [-0.2, -0.15) is 0 Å². The number of benzene rings is 2. The van der Waals surface area contributed by atoms with Gasteiger partial charge in [-0.05, 0) is 36.6 Å². The maximum atomic E-state index is 10.1. The first-order valence-electron chi connectivity index (χ1n) is 7.49. The normalized spacial score (nSPS) is 12.4. The highest BCUT2D eigenvalue weighted by atomic mass is 127. The average molecular weight is 425 g/mol. The highest BCUT2D eigenvalue weighted by Crippen LogP contribution is 2.14. The number of guanidine groups is 1. The minimum Gasteiger partial charge on any atom is -0.386 e. The van der Waals surface area contributed by atoms with E-state index in [1.54, 1.807) is 0 Å². The van der Waals surface area contributed by atoms with Crippen molar-refractivity contribution in [2.45, 2.75) is 26.4 Å². The van der Waals surface area contributed by atoms with Crippen LogP contribution in [0, 0.1) is 6.92 Å². The van der Waals surface area contributed by atoms with Crippen LogP contribution in [0.3, 0.4) is 0 Å². The molecule has 0 amide bonds. The minimum absolute atomic E-state index is 0. The van der Waals surface area contributed by atoms with E-state index >= 15 is 0 Å². The van der Waals surface area contributed by atoms with Gasteiger partial charge in [-0.1, -0.05) is 48.9 Å². The lowest BCUT2D eigenvalue weighted by Crippen LogP contribution is -2.23. The van der Waals surface area contributed by atoms with E-state index in [0.29, 0.717) is 5.96 Å². The molecule has 5 heteroatoms. The van der Waals surface area contributed by atoms with Gasteiger partial charge in [0.1, 0.15) is 0 Å². The quantitative estimate of drug-likeness (QED) is 0.389. The number of hydrogen-bond acceptors (Lipinski definition) is 2. The zero-order chi connectivity index (χ0) is 15.9. The number of nitrogens with one attached hydrogen (secondary N) is 1. The highest BCUT2D eigenvalue weighted by molar-refractivity contribution is 14.0. The zero-order valence-electron chi connectivity index (χ0n) is 13.5. The Hall–Kier alpha value is -1.60. The summed E-state index contributed by atoms with van der Waals surface area (Å²) in [7, 11) is 0. The van der Waals surface area contributed by atoms with Crippen molar-refractivity contribution in [1.29, 1.82) is 0 Å². The molecule has 4 N–H and O–H groups in total. The average Bonchev–Trinajstić information content (AvgIpc) is 2.53. The van der Waals surface area contributed by atoms with Crippen LogP contribution in [-0.4, -0.2) is 17.6 Å². The molecule has 0 aromatic heterocycles. The second kappa shape index (κ2) is 9.52. The van der Waals surface area contributed by atoms with Crippen molar-refractivity contribution >= 4 is 35.6 Å². The fourth-order valence-corrected chi connectivity index (χ4v) is 2.14. The van der Waals surface area contributed by atoms with Crippen LogP contribution in [0.15, 0.2) is 53.5 Å². The standard InChI is InChI=1S/C18H23N3O.HI/c1-3-14-5-4-6-16(11-14)21-18(19)20-12-17(22)15-9-7-13(2)8-10-15;/h4-11,17,22H,3,12H2,1-2H3,(H3,19,20,21);1H. The van der Waals surface area contributed by atoms with Crippen LogP contribution in [0.5, 0.6) is 0 Å². The number of aliphatic hydroxyl groups is 1. The van der Waals surface area contributed by atoms with Crippen molar-refractivity contribution in [3.63, 3.8) is 0 Å². The summed E-state index contributed by atoms with van der Waals surface area (Å²) in [5, 5.41) is 13.2. The molecule has 1 atom stereocenters. The van der Waals surface area contributed by atoms with Gasteiger partial charge in [0.05, 0.1) is 12.6 Å². The Morgan fingerprint density at radius 3 is 2.57 bits per heavy atom. The molecule has 0 aliphatic rings. The molecule has 0 spiro atoms. The predicted molar refractivity (Wildman–Crippen MR) is 107 cm³/mol. The number of rotatable bonds is 5. The molecule has 4 nitrogen and oxygen atoms in total. The minimum atomic E-state index is -0.650. The van der Waals surface area contributed by atoms with Crippen LogP contribution in [-0.2, 0) is 6.42 Å². The van der Waals surface area contributed by atoms with Crippen LogP contribution in [0.25, 0.3) is 0 Å². The molecule has 2 aromatic rings. The maximum Gasteiger partial charge on any atom is 0.193 e. The Balaban J connectivity index is 0.00000264. The van der Waals surface area contributed by atoms with E-state index in [2.05, 4.69) is 23.3 Å². The summed E-state index contributed by atoms with van der Waals surface area (Å²) >= 11 is 0. The van der Waals surface area contributed by atoms with Crippen molar-refractivity contribution in [2.24, 2.45) is 10.7 Å². The lowest BCUT2D eigenvalue weighted by molar-refractivity contribution is 0.187. The van der Waals surface area contributed by atoms with Gasteiger partial charge in [0.15, 0.2) is 5.96 Å². The SMILES string of the molecule is CCc1cccc(NC(N)=NCC(O)c2ccc(C)cc2)c1.I. The summed E-state index contributed by atoms with van der Waals surface area (Å²) in [4.78, 5) is 4.21. The van der Waals surface area contributed by atoms with Gasteiger partial charge in [-0.25, -0.2) is 0 Å². The number of aliphatic imine (C=N–C) groups is 1. The van der Waals surface area contributed by atoms with E-state index < -0.39 is 6.10 Å². The largest absolute Gasteiger partial charge is 0.386 e. The highest BCUT2D eigenvalue weighted by Gasteiger charge is 2.06. The number of aliphatic hydroxyl groups excluding tert-OH is 1. The van der Waals surface area contributed by atoms with E-state index in [4.69, 9.17) is 5.73 Å². The molecule has 0 heterocycles. The molecule has 2 rings (SSSR count). The Bertz CT molecular complexity index is 641. The lowest BCUT2D eigenvalue weighted by Gasteiger charge is -2.10. The molecular formula is C18H24IN3O. The summed E-state index contributed by atoms with van der Waals surface area (Å²) in [5.74, 6) is 0.305. The van der Waals surface area contributed by atoms with Crippen LogP contribution < -0.4 is 11.1 Å². The van der Waals surface area contributed by atoms with Crippen LogP contribution in [0.1, 0.15) is 29.7 Å². The van der Waals surface area contributed by atoms with Crippen molar-refractivity contribution in [2.75, 3.05) is 11.9 Å². The number of nitrogens with zero attached hydrogens (tertiary/aromatic N) is 1. The predicted octanol–water partition coefficient (Wildman–Crippen LogP) is 3.64. The molecule has 0 saturated heterocycles. The van der Waals surface area contributed by atoms with Crippen LogP contribution in [0.2, 0.25) is 0 Å².